The van der Waals surface area contributed by atoms with Crippen LogP contribution in [-0.2, 0) is 35.5 Å². The molecule has 0 bridgehead atoms. The van der Waals surface area contributed by atoms with Crippen LogP contribution in [0.25, 0.3) is 22.5 Å². The van der Waals surface area contributed by atoms with Crippen LogP contribution in [0.1, 0.15) is 42.7 Å². The van der Waals surface area contributed by atoms with E-state index in [0.717, 1.165) is 47.3 Å². The first-order valence-corrected chi connectivity index (χ1v) is 13.9. The summed E-state index contributed by atoms with van der Waals surface area (Å²) in [5, 5.41) is 17.9. The number of halogens is 1. The number of benzene rings is 2. The molecule has 11 nitrogen and oxygen atoms in total. The van der Waals surface area contributed by atoms with Gasteiger partial charge in [-0.05, 0) is 35.4 Å². The van der Waals surface area contributed by atoms with Gasteiger partial charge in [-0.15, -0.1) is 10.2 Å². The van der Waals surface area contributed by atoms with Gasteiger partial charge in [-0.2, -0.15) is 5.21 Å². The van der Waals surface area contributed by atoms with Gasteiger partial charge >= 0.3 is 5.97 Å². The number of carbonyl (C=O) groups excluding carboxylic acids is 1. The van der Waals surface area contributed by atoms with Crippen molar-refractivity contribution in [2.45, 2.75) is 51.8 Å². The number of H-pyrrole nitrogens is 2. The van der Waals surface area contributed by atoms with E-state index >= 15 is 0 Å². The number of hydrogen-bond donors (Lipinski definition) is 3. The first kappa shape index (κ1) is 28.2. The second-order valence-corrected chi connectivity index (χ2v) is 9.98. The van der Waals surface area contributed by atoms with E-state index in [4.69, 9.17) is 16.3 Å². The topological polar surface area (TPSA) is 139 Å². The molecular weight excluding hydrogens is 542 g/mol. The summed E-state index contributed by atoms with van der Waals surface area (Å²) in [4.78, 5) is 24.8. The van der Waals surface area contributed by atoms with Crippen molar-refractivity contribution in [1.82, 2.24) is 45.5 Å². The third kappa shape index (κ3) is 6.69. The summed E-state index contributed by atoms with van der Waals surface area (Å²) in [6.45, 7) is 2.70. The van der Waals surface area contributed by atoms with E-state index in [0.29, 0.717) is 35.5 Å². The van der Waals surface area contributed by atoms with E-state index in [1.807, 2.05) is 24.3 Å². The number of nitrogens with zero attached hydrogens (tertiary/aromatic N) is 6. The fourth-order valence-corrected chi connectivity index (χ4v) is 4.93. The van der Waals surface area contributed by atoms with E-state index in [9.17, 15) is 4.79 Å². The highest BCUT2D eigenvalue weighted by Crippen LogP contribution is 2.30. The Labute approximate surface area is 242 Å². The fourth-order valence-electron chi connectivity index (χ4n) is 4.68. The number of hydrogen-bond acceptors (Lipinski definition) is 8. The third-order valence-electron chi connectivity index (χ3n) is 6.91. The molecule has 12 heteroatoms. The number of aryl methyl sites for hydroxylation is 1. The smallest absolute Gasteiger partial charge is 0.323 e. The molecular formula is C29H32ClN9O2. The largest absolute Gasteiger partial charge is 0.458 e. The molecule has 1 unspecified atom stereocenters. The first-order valence-electron chi connectivity index (χ1n) is 13.6. The van der Waals surface area contributed by atoms with Crippen molar-refractivity contribution >= 4 is 17.6 Å². The maximum absolute atomic E-state index is 12.9. The summed E-state index contributed by atoms with van der Waals surface area (Å²) in [5.41, 5.74) is 4.68. The molecule has 3 heterocycles. The molecule has 0 aliphatic rings. The average Bonchev–Trinajstić information content (AvgIpc) is 3.77. The molecule has 2 aromatic carbocycles. The van der Waals surface area contributed by atoms with Crippen molar-refractivity contribution in [3.05, 3.63) is 89.0 Å². The number of imidazole rings is 2. The summed E-state index contributed by atoms with van der Waals surface area (Å²) in [6.07, 6.45) is 6.55. The number of aromatic nitrogens is 8. The molecule has 5 rings (SSSR count). The zero-order valence-corrected chi connectivity index (χ0v) is 23.7. The number of aromatic amines is 2. The number of ether oxygens (including phenoxy) is 1. The lowest BCUT2D eigenvalue weighted by Gasteiger charge is -2.16. The van der Waals surface area contributed by atoms with Crippen LogP contribution >= 0.6 is 11.6 Å². The lowest BCUT2D eigenvalue weighted by Crippen LogP contribution is -2.37. The Morgan fingerprint density at radius 1 is 1.15 bits per heavy atom. The van der Waals surface area contributed by atoms with E-state index in [2.05, 4.69) is 76.6 Å². The Balaban J connectivity index is 1.35. The van der Waals surface area contributed by atoms with Crippen molar-refractivity contribution in [3.8, 4) is 22.5 Å². The Morgan fingerprint density at radius 2 is 1.95 bits per heavy atom. The molecule has 0 amide bonds. The number of nitrogens with one attached hydrogen (secondary N) is 3. The zero-order valence-electron chi connectivity index (χ0n) is 23.0. The lowest BCUT2D eigenvalue weighted by atomic mass is 9.98. The molecule has 212 valence electrons. The van der Waals surface area contributed by atoms with Crippen LogP contribution in [0.15, 0.2) is 60.9 Å². The molecule has 1 atom stereocenters. The molecule has 41 heavy (non-hydrogen) atoms. The average molecular weight is 574 g/mol. The fraction of sp³-hybridized carbons (Fsp3) is 0.310. The minimum atomic E-state index is -0.543. The molecule has 3 aromatic heterocycles. The number of esters is 1. The highest BCUT2D eigenvalue weighted by molar-refractivity contribution is 6.30. The van der Waals surface area contributed by atoms with Gasteiger partial charge in [0.15, 0.2) is 5.15 Å². The molecule has 0 radical (unpaired) electrons. The predicted molar refractivity (Wildman–Crippen MR) is 155 cm³/mol. The van der Waals surface area contributed by atoms with Crippen molar-refractivity contribution in [2.24, 2.45) is 0 Å². The second kappa shape index (κ2) is 13.3. The molecule has 0 spiro atoms. The highest BCUT2D eigenvalue weighted by atomic mass is 35.5. The molecule has 0 saturated heterocycles. The van der Waals surface area contributed by atoms with Crippen LogP contribution in [0.3, 0.4) is 0 Å². The van der Waals surface area contributed by atoms with Gasteiger partial charge in [-0.25, -0.2) is 9.97 Å². The maximum Gasteiger partial charge on any atom is 0.323 e. The van der Waals surface area contributed by atoms with E-state index in [-0.39, 0.29) is 12.6 Å². The Bertz CT molecular complexity index is 1550. The van der Waals surface area contributed by atoms with Crippen LogP contribution in [0, 0.1) is 0 Å². The Kier molecular flexibility index (Phi) is 9.17. The van der Waals surface area contributed by atoms with Gasteiger partial charge in [0.05, 0.1) is 5.69 Å². The lowest BCUT2D eigenvalue weighted by molar-refractivity contribution is -0.147. The summed E-state index contributed by atoms with van der Waals surface area (Å²) in [5.74, 6) is 1.74. The minimum Gasteiger partial charge on any atom is -0.458 e. The van der Waals surface area contributed by atoms with E-state index in [1.54, 1.807) is 19.4 Å². The number of rotatable bonds is 13. The van der Waals surface area contributed by atoms with Gasteiger partial charge in [0.2, 0.25) is 5.82 Å². The monoisotopic (exact) mass is 573 g/mol. The van der Waals surface area contributed by atoms with Crippen LogP contribution in [-0.4, -0.2) is 59.2 Å². The molecule has 5 aromatic rings. The number of tetrazole rings is 1. The molecule has 0 aliphatic heterocycles. The van der Waals surface area contributed by atoms with Crippen molar-refractivity contribution in [1.29, 1.82) is 0 Å². The van der Waals surface area contributed by atoms with Crippen LogP contribution in [0.5, 0.6) is 0 Å². The predicted octanol–water partition coefficient (Wildman–Crippen LogP) is 4.37. The number of unbranched alkanes of at least 4 members (excludes halogenated alkanes) is 1. The molecule has 0 aliphatic carbocycles. The molecule has 3 N–H and O–H groups in total. The highest BCUT2D eigenvalue weighted by Gasteiger charge is 2.23. The van der Waals surface area contributed by atoms with Gasteiger partial charge in [-0.3, -0.25) is 4.79 Å². The van der Waals surface area contributed by atoms with E-state index in [1.165, 1.54) is 0 Å². The first-order chi connectivity index (χ1) is 20.1. The van der Waals surface area contributed by atoms with Gasteiger partial charge in [0.1, 0.15) is 24.3 Å². The van der Waals surface area contributed by atoms with Crippen molar-refractivity contribution < 1.29 is 9.53 Å². The summed E-state index contributed by atoms with van der Waals surface area (Å²) >= 11 is 6.61. The van der Waals surface area contributed by atoms with Gasteiger partial charge < -0.3 is 19.6 Å². The standard InChI is InChI=1S/C29H32ClN9O2/c1-3-4-9-26-34-27(30)24(18-41-29(40)23(31-2)16-25-32-14-15-33-25)39(26)17-19-10-12-20(13-11-19)21-7-5-6-8-22(21)28-35-37-38-36-28/h5-8,10-15,23,31H,3-4,9,16-18H2,1-2H3,(H,32,33)(H,35,36,37,38). The second-order valence-electron chi connectivity index (χ2n) is 9.62. The van der Waals surface area contributed by atoms with E-state index < -0.39 is 6.04 Å². The van der Waals surface area contributed by atoms with Gasteiger partial charge in [0, 0.05) is 37.3 Å². The summed E-state index contributed by atoms with van der Waals surface area (Å²) in [7, 11) is 1.72. The molecule has 0 fully saturated rings. The van der Waals surface area contributed by atoms with Crippen LogP contribution in [0.2, 0.25) is 5.15 Å². The van der Waals surface area contributed by atoms with Crippen molar-refractivity contribution in [2.75, 3.05) is 7.05 Å². The number of likely N-dealkylation sites (N-methyl/N-ethyl adjacent to an activating group) is 1. The molecule has 0 saturated carbocycles. The normalized spacial score (nSPS) is 12.0. The Morgan fingerprint density at radius 3 is 2.63 bits per heavy atom. The number of carbonyl (C=O) groups is 1. The van der Waals surface area contributed by atoms with Gasteiger partial charge in [0.25, 0.3) is 0 Å². The van der Waals surface area contributed by atoms with Crippen LogP contribution < -0.4 is 5.32 Å². The van der Waals surface area contributed by atoms with Crippen molar-refractivity contribution in [3.63, 3.8) is 0 Å². The van der Waals surface area contributed by atoms with Crippen LogP contribution in [0.4, 0.5) is 0 Å². The maximum atomic E-state index is 12.9. The Hall–Kier alpha value is -4.35. The summed E-state index contributed by atoms with van der Waals surface area (Å²) in [6, 6.07) is 15.7. The summed E-state index contributed by atoms with van der Waals surface area (Å²) < 4.78 is 7.79. The quantitative estimate of drug-likeness (QED) is 0.176. The third-order valence-corrected chi connectivity index (χ3v) is 7.21. The SMILES string of the molecule is CCCCc1nc(Cl)c(COC(=O)C(Cc2ncc[nH]2)NC)n1Cc1ccc(-c2ccccc2-c2nn[nH]n2)cc1. The minimum absolute atomic E-state index is 0.0171. The zero-order chi connectivity index (χ0) is 28.6. The van der Waals surface area contributed by atoms with Gasteiger partial charge in [-0.1, -0.05) is 73.5 Å².